The largest absolute Gasteiger partial charge is 0.309 e. The molecule has 38 heavy (non-hydrogen) atoms. The summed E-state index contributed by atoms with van der Waals surface area (Å²) >= 11 is 0. The summed E-state index contributed by atoms with van der Waals surface area (Å²) in [5.74, 6) is 0. The van der Waals surface area contributed by atoms with Gasteiger partial charge in [0.2, 0.25) is 0 Å². The number of benzene rings is 6. The number of fused-ring (bicyclic) bond motifs is 3. The third-order valence-corrected chi connectivity index (χ3v) is 7.40. The Kier molecular flexibility index (Phi) is 5.41. The van der Waals surface area contributed by atoms with E-state index in [1.807, 2.05) is 0 Å². The van der Waals surface area contributed by atoms with E-state index in [2.05, 4.69) is 157 Å². The summed E-state index contributed by atoms with van der Waals surface area (Å²) in [6, 6.07) is 52.6. The molecule has 0 aliphatic carbocycles. The molecule has 0 atom stereocenters. The predicted molar refractivity (Wildman–Crippen MR) is 162 cm³/mol. The van der Waals surface area contributed by atoms with E-state index in [4.69, 9.17) is 0 Å². The molecule has 6 aromatic carbocycles. The van der Waals surface area contributed by atoms with Gasteiger partial charge in [-0.15, -0.1) is 0 Å². The van der Waals surface area contributed by atoms with E-state index in [9.17, 15) is 0 Å². The van der Waals surface area contributed by atoms with Crippen LogP contribution >= 0.6 is 0 Å². The molecule has 0 radical (unpaired) electrons. The molecule has 0 saturated heterocycles. The second-order valence-corrected chi connectivity index (χ2v) is 9.95. The van der Waals surface area contributed by atoms with Crippen molar-refractivity contribution in [2.75, 3.05) is 0 Å². The van der Waals surface area contributed by atoms with Crippen LogP contribution in [0.3, 0.4) is 0 Å². The first-order valence-corrected chi connectivity index (χ1v) is 13.1. The molecule has 0 aliphatic heterocycles. The second kappa shape index (κ2) is 9.21. The molecule has 0 saturated carbocycles. The fourth-order valence-corrected chi connectivity index (χ4v) is 5.63. The van der Waals surface area contributed by atoms with Crippen LogP contribution in [0, 0.1) is 6.92 Å². The fourth-order valence-electron chi connectivity index (χ4n) is 5.63. The topological polar surface area (TPSA) is 4.93 Å². The van der Waals surface area contributed by atoms with Gasteiger partial charge in [0.05, 0.1) is 11.0 Å². The molecule has 1 heterocycles. The van der Waals surface area contributed by atoms with Gasteiger partial charge in [-0.3, -0.25) is 0 Å². The predicted octanol–water partition coefficient (Wildman–Crippen LogP) is 10.1. The van der Waals surface area contributed by atoms with Gasteiger partial charge in [-0.2, -0.15) is 0 Å². The monoisotopic (exact) mass is 485 g/mol. The Morgan fingerprint density at radius 2 is 0.921 bits per heavy atom. The number of aromatic nitrogens is 1. The summed E-state index contributed by atoms with van der Waals surface area (Å²) in [4.78, 5) is 0. The number of rotatable bonds is 4. The summed E-state index contributed by atoms with van der Waals surface area (Å²) in [5.41, 5.74) is 12.3. The van der Waals surface area contributed by atoms with Gasteiger partial charge in [0.1, 0.15) is 0 Å². The summed E-state index contributed by atoms with van der Waals surface area (Å²) in [6.45, 7) is 2.18. The van der Waals surface area contributed by atoms with Crippen LogP contribution in [0.1, 0.15) is 5.56 Å². The van der Waals surface area contributed by atoms with Gasteiger partial charge < -0.3 is 4.57 Å². The van der Waals surface area contributed by atoms with Crippen LogP contribution in [0.5, 0.6) is 0 Å². The van der Waals surface area contributed by atoms with Crippen molar-refractivity contribution in [3.63, 3.8) is 0 Å². The molecular formula is C37H27N. The third-order valence-electron chi connectivity index (χ3n) is 7.40. The van der Waals surface area contributed by atoms with Gasteiger partial charge >= 0.3 is 0 Å². The van der Waals surface area contributed by atoms with Gasteiger partial charge in [0.15, 0.2) is 0 Å². The number of nitrogens with zero attached hydrogens (tertiary/aromatic N) is 1. The van der Waals surface area contributed by atoms with E-state index in [0.717, 1.165) is 0 Å². The fraction of sp³-hybridized carbons (Fsp3) is 0.0270. The molecule has 7 rings (SSSR count). The van der Waals surface area contributed by atoms with Gasteiger partial charge in [0, 0.05) is 16.5 Å². The van der Waals surface area contributed by atoms with Crippen molar-refractivity contribution in [3.8, 4) is 39.1 Å². The maximum Gasteiger partial charge on any atom is 0.0541 e. The highest BCUT2D eigenvalue weighted by Crippen LogP contribution is 2.36. The molecule has 180 valence electrons. The molecule has 1 nitrogen and oxygen atoms in total. The maximum absolute atomic E-state index is 2.36. The smallest absolute Gasteiger partial charge is 0.0541 e. The first-order valence-electron chi connectivity index (χ1n) is 13.1. The van der Waals surface area contributed by atoms with Crippen LogP contribution in [-0.2, 0) is 0 Å². The lowest BCUT2D eigenvalue weighted by Gasteiger charge is -2.11. The quantitative estimate of drug-likeness (QED) is 0.234. The Hall–Kier alpha value is -4.88. The average Bonchev–Trinajstić information content (AvgIpc) is 3.31. The van der Waals surface area contributed by atoms with Crippen LogP contribution in [0.15, 0.2) is 146 Å². The zero-order valence-corrected chi connectivity index (χ0v) is 21.3. The van der Waals surface area contributed by atoms with Crippen molar-refractivity contribution in [2.45, 2.75) is 6.92 Å². The minimum Gasteiger partial charge on any atom is -0.309 e. The highest BCUT2D eigenvalue weighted by Gasteiger charge is 2.13. The normalized spacial score (nSPS) is 11.3. The lowest BCUT2D eigenvalue weighted by molar-refractivity contribution is 1.18. The molecule has 0 aliphatic rings. The Morgan fingerprint density at radius 1 is 0.368 bits per heavy atom. The zero-order valence-electron chi connectivity index (χ0n) is 21.3. The van der Waals surface area contributed by atoms with Crippen molar-refractivity contribution in [1.29, 1.82) is 0 Å². The van der Waals surface area contributed by atoms with Crippen LogP contribution in [0.2, 0.25) is 0 Å². The van der Waals surface area contributed by atoms with E-state index in [-0.39, 0.29) is 0 Å². The van der Waals surface area contributed by atoms with E-state index >= 15 is 0 Å². The van der Waals surface area contributed by atoms with Gasteiger partial charge in [-0.1, -0.05) is 103 Å². The number of hydrogen-bond acceptors (Lipinski definition) is 0. The minimum atomic E-state index is 1.18. The molecule has 0 unspecified atom stereocenters. The first kappa shape index (κ1) is 22.3. The van der Waals surface area contributed by atoms with Crippen LogP contribution in [0.4, 0.5) is 0 Å². The highest BCUT2D eigenvalue weighted by molar-refractivity contribution is 6.10. The van der Waals surface area contributed by atoms with Crippen molar-refractivity contribution < 1.29 is 0 Å². The molecule has 0 bridgehead atoms. The molecular weight excluding hydrogens is 458 g/mol. The highest BCUT2D eigenvalue weighted by atomic mass is 15.0. The standard InChI is InChI=1S/C37H27N/c1-26-21-31(27-11-4-2-5-12-27)24-32(22-26)29-14-10-13-28(23-29)30-19-20-37-35(25-30)34-17-8-9-18-36(34)38(37)33-15-6-3-7-16-33/h2-25H,1H3. The van der Waals surface area contributed by atoms with Crippen molar-refractivity contribution in [2.24, 2.45) is 0 Å². The first-order chi connectivity index (χ1) is 18.7. The van der Waals surface area contributed by atoms with Crippen LogP contribution in [0.25, 0.3) is 60.9 Å². The Labute approximate surface area is 223 Å². The maximum atomic E-state index is 2.36. The molecule has 0 amide bonds. The van der Waals surface area contributed by atoms with Crippen LogP contribution in [-0.4, -0.2) is 4.57 Å². The third kappa shape index (κ3) is 3.90. The van der Waals surface area contributed by atoms with E-state index < -0.39 is 0 Å². The Balaban J connectivity index is 1.35. The Morgan fingerprint density at radius 3 is 1.71 bits per heavy atom. The van der Waals surface area contributed by atoms with Gasteiger partial charge in [-0.05, 0) is 88.3 Å². The number of aryl methyl sites for hydroxylation is 1. The molecule has 0 spiro atoms. The summed E-state index contributed by atoms with van der Waals surface area (Å²) in [5, 5.41) is 2.55. The second-order valence-electron chi connectivity index (χ2n) is 9.95. The summed E-state index contributed by atoms with van der Waals surface area (Å²) in [6.07, 6.45) is 0. The summed E-state index contributed by atoms with van der Waals surface area (Å²) in [7, 11) is 0. The number of hydrogen-bond donors (Lipinski definition) is 0. The SMILES string of the molecule is Cc1cc(-c2ccccc2)cc(-c2cccc(-c3ccc4c(c3)c3ccccc3n4-c3ccccc3)c2)c1. The lowest BCUT2D eigenvalue weighted by atomic mass is 9.94. The molecule has 0 N–H and O–H groups in total. The molecule has 1 heteroatoms. The molecule has 0 fully saturated rings. The zero-order chi connectivity index (χ0) is 25.5. The van der Waals surface area contributed by atoms with Crippen LogP contribution < -0.4 is 0 Å². The van der Waals surface area contributed by atoms with Crippen molar-refractivity contribution in [3.05, 3.63) is 151 Å². The molecule has 7 aromatic rings. The molecule has 1 aromatic heterocycles. The van der Waals surface area contributed by atoms with Gasteiger partial charge in [-0.25, -0.2) is 0 Å². The Bertz CT molecular complexity index is 1910. The van der Waals surface area contributed by atoms with Gasteiger partial charge in [0.25, 0.3) is 0 Å². The number of para-hydroxylation sites is 2. The van der Waals surface area contributed by atoms with E-state index in [1.165, 1.54) is 66.4 Å². The van der Waals surface area contributed by atoms with Crippen molar-refractivity contribution in [1.82, 2.24) is 4.57 Å². The average molecular weight is 486 g/mol. The van der Waals surface area contributed by atoms with Crippen molar-refractivity contribution >= 4 is 21.8 Å². The van der Waals surface area contributed by atoms with E-state index in [1.54, 1.807) is 0 Å². The summed E-state index contributed by atoms with van der Waals surface area (Å²) < 4.78 is 2.36. The minimum absolute atomic E-state index is 1.18. The lowest BCUT2D eigenvalue weighted by Crippen LogP contribution is -1.92. The van der Waals surface area contributed by atoms with E-state index in [0.29, 0.717) is 0 Å².